The molecule has 0 saturated heterocycles. The molecule has 140 valence electrons. The number of aryl methyl sites for hydroxylation is 2. The summed E-state index contributed by atoms with van der Waals surface area (Å²) in [5.74, 6) is 2.11. The van der Waals surface area contributed by atoms with Crippen molar-refractivity contribution < 1.29 is 14.1 Å². The Morgan fingerprint density at radius 1 is 1.26 bits per heavy atom. The number of carbonyl (C=O) groups is 1. The highest BCUT2D eigenvalue weighted by atomic mass is 16.5. The monoisotopic (exact) mass is 365 g/mol. The summed E-state index contributed by atoms with van der Waals surface area (Å²) >= 11 is 0. The molecule has 0 saturated carbocycles. The maximum Gasteiger partial charge on any atom is 0.244 e. The highest BCUT2D eigenvalue weighted by Crippen LogP contribution is 2.21. The lowest BCUT2D eigenvalue weighted by atomic mass is 10.2. The number of carbonyl (C=O) groups excluding carboxylic acids is 1. The molecule has 1 N–H and O–H groups in total. The lowest BCUT2D eigenvalue weighted by Gasteiger charge is -2.05. The van der Waals surface area contributed by atoms with Crippen molar-refractivity contribution >= 4 is 12.0 Å². The third-order valence-corrected chi connectivity index (χ3v) is 4.33. The van der Waals surface area contributed by atoms with E-state index in [0.717, 1.165) is 39.8 Å². The van der Waals surface area contributed by atoms with Crippen molar-refractivity contribution in [3.8, 4) is 11.6 Å². The number of rotatable bonds is 6. The van der Waals surface area contributed by atoms with Gasteiger partial charge in [-0.3, -0.25) is 9.36 Å². The number of hydrogen-bond acceptors (Lipinski definition) is 4. The van der Waals surface area contributed by atoms with Crippen molar-refractivity contribution in [3.63, 3.8) is 0 Å². The summed E-state index contributed by atoms with van der Waals surface area (Å²) in [7, 11) is 1.62. The Labute approximate surface area is 158 Å². The van der Waals surface area contributed by atoms with E-state index in [1.165, 1.54) is 0 Å². The fourth-order valence-corrected chi connectivity index (χ4v) is 2.96. The van der Waals surface area contributed by atoms with Gasteiger partial charge in [0.2, 0.25) is 5.91 Å². The van der Waals surface area contributed by atoms with Crippen LogP contribution in [-0.4, -0.2) is 22.7 Å². The summed E-state index contributed by atoms with van der Waals surface area (Å²) in [6.45, 7) is 6.29. The van der Waals surface area contributed by atoms with Crippen LogP contribution in [-0.2, 0) is 11.3 Å². The average Bonchev–Trinajstić information content (AvgIpc) is 3.20. The van der Waals surface area contributed by atoms with E-state index in [9.17, 15) is 4.79 Å². The van der Waals surface area contributed by atoms with E-state index in [-0.39, 0.29) is 5.91 Å². The first kappa shape index (κ1) is 18.5. The van der Waals surface area contributed by atoms with Gasteiger partial charge >= 0.3 is 0 Å². The molecule has 0 aliphatic carbocycles. The smallest absolute Gasteiger partial charge is 0.244 e. The number of aromatic nitrogens is 2. The molecule has 2 aromatic heterocycles. The summed E-state index contributed by atoms with van der Waals surface area (Å²) in [6.07, 6.45) is 3.35. The molecule has 0 radical (unpaired) electrons. The topological polar surface area (TPSA) is 69.3 Å². The second-order valence-corrected chi connectivity index (χ2v) is 6.36. The van der Waals surface area contributed by atoms with Crippen molar-refractivity contribution in [3.05, 3.63) is 70.7 Å². The Bertz CT molecular complexity index is 982. The quantitative estimate of drug-likeness (QED) is 0.676. The van der Waals surface area contributed by atoms with Gasteiger partial charge < -0.3 is 14.6 Å². The molecular formula is C21H23N3O3. The Balaban J connectivity index is 1.68. The predicted octanol–water partition coefficient (Wildman–Crippen LogP) is 3.73. The van der Waals surface area contributed by atoms with Crippen LogP contribution in [0.1, 0.15) is 28.3 Å². The summed E-state index contributed by atoms with van der Waals surface area (Å²) in [5.41, 5.74) is 3.97. The molecule has 0 unspecified atom stereocenters. The minimum atomic E-state index is -0.153. The summed E-state index contributed by atoms with van der Waals surface area (Å²) in [5, 5.41) is 6.95. The van der Waals surface area contributed by atoms with Crippen LogP contribution < -0.4 is 10.1 Å². The van der Waals surface area contributed by atoms with Gasteiger partial charge in [-0.05, 0) is 56.2 Å². The van der Waals surface area contributed by atoms with Crippen molar-refractivity contribution in [2.24, 2.45) is 0 Å². The van der Waals surface area contributed by atoms with Gasteiger partial charge in [0, 0.05) is 30.1 Å². The maximum absolute atomic E-state index is 12.2. The van der Waals surface area contributed by atoms with Crippen molar-refractivity contribution in [1.29, 1.82) is 0 Å². The number of hydrogen-bond donors (Lipinski definition) is 1. The molecule has 1 amide bonds. The van der Waals surface area contributed by atoms with Crippen LogP contribution in [0.3, 0.4) is 0 Å². The third-order valence-electron chi connectivity index (χ3n) is 4.33. The zero-order chi connectivity index (χ0) is 19.4. The number of nitrogens with zero attached hydrogens (tertiary/aromatic N) is 2. The number of benzene rings is 1. The normalized spacial score (nSPS) is 11.1. The lowest BCUT2D eigenvalue weighted by molar-refractivity contribution is -0.116. The standard InChI is InChI=1S/C21H23N3O3/c1-14-10-18(16(3)24(14)20-11-15(2)27-23-20)8-9-21(25)22-13-17-6-5-7-19(12-17)26-4/h5-12H,13H2,1-4H3,(H,22,25)/b9-8+. The highest BCUT2D eigenvalue weighted by molar-refractivity contribution is 5.91. The van der Waals surface area contributed by atoms with Gasteiger partial charge in [0.25, 0.3) is 0 Å². The Kier molecular flexibility index (Phi) is 5.45. The van der Waals surface area contributed by atoms with Crippen LogP contribution in [0.4, 0.5) is 0 Å². The van der Waals surface area contributed by atoms with Gasteiger partial charge in [-0.2, -0.15) is 0 Å². The average molecular weight is 365 g/mol. The fraction of sp³-hybridized carbons (Fsp3) is 0.238. The second-order valence-electron chi connectivity index (χ2n) is 6.36. The largest absolute Gasteiger partial charge is 0.497 e. The van der Waals surface area contributed by atoms with Crippen LogP contribution in [0.15, 0.2) is 47.0 Å². The minimum absolute atomic E-state index is 0.153. The SMILES string of the molecule is COc1cccc(CNC(=O)/C=C/c2cc(C)n(-c3cc(C)on3)c2C)c1. The molecule has 1 aromatic carbocycles. The summed E-state index contributed by atoms with van der Waals surface area (Å²) < 4.78 is 12.4. The highest BCUT2D eigenvalue weighted by Gasteiger charge is 2.12. The fourth-order valence-electron chi connectivity index (χ4n) is 2.96. The Morgan fingerprint density at radius 3 is 2.78 bits per heavy atom. The van der Waals surface area contributed by atoms with Crippen LogP contribution >= 0.6 is 0 Å². The third kappa shape index (κ3) is 4.28. The van der Waals surface area contributed by atoms with E-state index in [1.54, 1.807) is 13.2 Å². The first-order chi connectivity index (χ1) is 13.0. The molecule has 0 spiro atoms. The predicted molar refractivity (Wildman–Crippen MR) is 104 cm³/mol. The minimum Gasteiger partial charge on any atom is -0.497 e. The molecule has 0 aliphatic rings. The molecule has 3 rings (SSSR count). The van der Waals surface area contributed by atoms with E-state index >= 15 is 0 Å². The molecule has 2 heterocycles. The van der Waals surface area contributed by atoms with Crippen molar-refractivity contribution in [2.75, 3.05) is 7.11 Å². The van der Waals surface area contributed by atoms with Crippen LogP contribution in [0.5, 0.6) is 5.75 Å². The summed E-state index contributed by atoms with van der Waals surface area (Å²) in [6, 6.07) is 11.5. The van der Waals surface area contributed by atoms with Gasteiger partial charge in [-0.15, -0.1) is 0 Å². The van der Waals surface area contributed by atoms with E-state index in [4.69, 9.17) is 9.26 Å². The molecule has 0 bridgehead atoms. The number of nitrogens with one attached hydrogen (secondary N) is 1. The van der Waals surface area contributed by atoms with E-state index in [1.807, 2.05) is 67.8 Å². The maximum atomic E-state index is 12.2. The molecule has 3 aromatic rings. The molecule has 6 heteroatoms. The first-order valence-corrected chi connectivity index (χ1v) is 8.69. The van der Waals surface area contributed by atoms with Crippen LogP contribution in [0, 0.1) is 20.8 Å². The van der Waals surface area contributed by atoms with Crippen molar-refractivity contribution in [2.45, 2.75) is 27.3 Å². The Hall–Kier alpha value is -3.28. The molecular weight excluding hydrogens is 342 g/mol. The molecule has 27 heavy (non-hydrogen) atoms. The molecule has 0 atom stereocenters. The summed E-state index contributed by atoms with van der Waals surface area (Å²) in [4.78, 5) is 12.2. The van der Waals surface area contributed by atoms with E-state index in [0.29, 0.717) is 6.54 Å². The zero-order valence-electron chi connectivity index (χ0n) is 15.9. The van der Waals surface area contributed by atoms with Gasteiger partial charge in [0.05, 0.1) is 7.11 Å². The van der Waals surface area contributed by atoms with Crippen molar-refractivity contribution in [1.82, 2.24) is 15.0 Å². The van der Waals surface area contributed by atoms with Gasteiger partial charge in [0.1, 0.15) is 11.5 Å². The lowest BCUT2D eigenvalue weighted by Crippen LogP contribution is -2.20. The molecule has 0 fully saturated rings. The van der Waals surface area contributed by atoms with E-state index in [2.05, 4.69) is 10.5 Å². The number of amides is 1. The van der Waals surface area contributed by atoms with Crippen LogP contribution in [0.2, 0.25) is 0 Å². The first-order valence-electron chi connectivity index (χ1n) is 8.69. The van der Waals surface area contributed by atoms with E-state index < -0.39 is 0 Å². The number of methoxy groups -OCH3 is 1. The zero-order valence-corrected chi connectivity index (χ0v) is 15.9. The number of ether oxygens (including phenoxy) is 1. The molecule has 0 aliphatic heterocycles. The Morgan fingerprint density at radius 2 is 2.07 bits per heavy atom. The molecule has 6 nitrogen and oxygen atoms in total. The van der Waals surface area contributed by atoms with Gasteiger partial charge in [-0.1, -0.05) is 17.3 Å². The van der Waals surface area contributed by atoms with Gasteiger partial charge in [-0.25, -0.2) is 0 Å². The van der Waals surface area contributed by atoms with Crippen LogP contribution in [0.25, 0.3) is 11.9 Å². The van der Waals surface area contributed by atoms with Gasteiger partial charge in [0.15, 0.2) is 5.82 Å². The second kappa shape index (κ2) is 7.95.